The molecule has 1 fully saturated rings. The predicted octanol–water partition coefficient (Wildman–Crippen LogP) is 3.70. The van der Waals surface area contributed by atoms with E-state index in [1.807, 2.05) is 36.2 Å². The van der Waals surface area contributed by atoms with Gasteiger partial charge in [0.25, 0.3) is 5.91 Å². The molecule has 4 heterocycles. The van der Waals surface area contributed by atoms with Crippen LogP contribution in [0.5, 0.6) is 11.5 Å². The lowest BCUT2D eigenvalue weighted by Crippen LogP contribution is -2.30. The van der Waals surface area contributed by atoms with Crippen LogP contribution in [0.15, 0.2) is 41.2 Å². The van der Waals surface area contributed by atoms with E-state index in [9.17, 15) is 4.79 Å². The maximum atomic E-state index is 13.2. The van der Waals surface area contributed by atoms with Gasteiger partial charge in [-0.05, 0) is 37.5 Å². The molecule has 30 heavy (non-hydrogen) atoms. The van der Waals surface area contributed by atoms with E-state index in [4.69, 9.17) is 14.0 Å². The molecule has 156 valence electrons. The minimum atomic E-state index is -0.123. The minimum absolute atomic E-state index is 0.0161. The molecule has 0 unspecified atom stereocenters. The fourth-order valence-electron chi connectivity index (χ4n) is 4.07. The van der Waals surface area contributed by atoms with Crippen LogP contribution in [0.1, 0.15) is 48.3 Å². The highest BCUT2D eigenvalue weighted by atomic mass is 16.5. The minimum Gasteiger partial charge on any atom is -0.490 e. The van der Waals surface area contributed by atoms with Crippen LogP contribution >= 0.6 is 0 Å². The van der Waals surface area contributed by atoms with Gasteiger partial charge in [-0.15, -0.1) is 0 Å². The Morgan fingerprint density at radius 1 is 1.17 bits per heavy atom. The van der Waals surface area contributed by atoms with Crippen LogP contribution in [-0.2, 0) is 6.54 Å². The summed E-state index contributed by atoms with van der Waals surface area (Å²) >= 11 is 0. The summed E-state index contributed by atoms with van der Waals surface area (Å²) in [5.41, 5.74) is 2.18. The summed E-state index contributed by atoms with van der Waals surface area (Å²) in [6.07, 6.45) is 6.31. The van der Waals surface area contributed by atoms with Crippen molar-refractivity contribution in [2.45, 2.75) is 38.8 Å². The van der Waals surface area contributed by atoms with Crippen LogP contribution in [-0.4, -0.2) is 45.5 Å². The zero-order valence-corrected chi connectivity index (χ0v) is 16.9. The van der Waals surface area contributed by atoms with Gasteiger partial charge in [0.2, 0.25) is 0 Å². The van der Waals surface area contributed by atoms with Gasteiger partial charge in [0.05, 0.1) is 31.0 Å². The SMILES string of the molecule is CCn1cc(-c2cc(C(=O)N3CCC[C@H]3c3ccc4c(c3)OCCCO4)no2)cn1. The molecular weight excluding hydrogens is 384 g/mol. The van der Waals surface area contributed by atoms with Crippen molar-refractivity contribution >= 4 is 5.91 Å². The normalized spacial score (nSPS) is 18.4. The van der Waals surface area contributed by atoms with Crippen LogP contribution in [0.4, 0.5) is 0 Å². The molecule has 0 N–H and O–H groups in total. The van der Waals surface area contributed by atoms with Gasteiger partial charge in [0, 0.05) is 31.8 Å². The van der Waals surface area contributed by atoms with Crippen molar-refractivity contribution in [3.05, 3.63) is 47.9 Å². The van der Waals surface area contributed by atoms with Crippen LogP contribution in [0.25, 0.3) is 11.3 Å². The average molecular weight is 408 g/mol. The van der Waals surface area contributed by atoms with E-state index in [2.05, 4.69) is 10.3 Å². The molecule has 0 spiro atoms. The largest absolute Gasteiger partial charge is 0.490 e. The van der Waals surface area contributed by atoms with E-state index < -0.39 is 0 Å². The Morgan fingerprint density at radius 2 is 2.03 bits per heavy atom. The molecule has 8 heteroatoms. The zero-order chi connectivity index (χ0) is 20.5. The van der Waals surface area contributed by atoms with Gasteiger partial charge in [-0.25, -0.2) is 0 Å². The van der Waals surface area contributed by atoms with Gasteiger partial charge in [-0.2, -0.15) is 5.10 Å². The molecule has 0 saturated carbocycles. The number of nitrogens with zero attached hydrogens (tertiary/aromatic N) is 4. The first-order valence-corrected chi connectivity index (χ1v) is 10.4. The molecule has 1 saturated heterocycles. The third kappa shape index (κ3) is 3.42. The molecule has 2 aromatic heterocycles. The molecule has 0 bridgehead atoms. The Balaban J connectivity index is 1.37. The second-order valence-corrected chi connectivity index (χ2v) is 7.57. The Bertz CT molecular complexity index is 1060. The van der Waals surface area contributed by atoms with Crippen molar-refractivity contribution < 1.29 is 18.8 Å². The highest BCUT2D eigenvalue weighted by Crippen LogP contribution is 2.38. The summed E-state index contributed by atoms with van der Waals surface area (Å²) < 4.78 is 18.8. The summed E-state index contributed by atoms with van der Waals surface area (Å²) in [6, 6.07) is 7.65. The van der Waals surface area contributed by atoms with Crippen molar-refractivity contribution in [2.24, 2.45) is 0 Å². The topological polar surface area (TPSA) is 82.6 Å². The van der Waals surface area contributed by atoms with Crippen LogP contribution in [0.2, 0.25) is 0 Å². The van der Waals surface area contributed by atoms with Gasteiger partial charge < -0.3 is 18.9 Å². The Morgan fingerprint density at radius 3 is 2.87 bits per heavy atom. The molecule has 1 amide bonds. The standard InChI is InChI=1S/C22H24N4O4/c1-2-25-14-16(13-23-25)20-12-17(24-30-20)22(27)26-8-3-5-18(26)15-6-7-19-21(11-15)29-10-4-9-28-19/h6-7,11-14,18H,2-5,8-10H2,1H3/t18-/m0/s1. The second-order valence-electron chi connectivity index (χ2n) is 7.57. The highest BCUT2D eigenvalue weighted by Gasteiger charge is 2.33. The van der Waals surface area contributed by atoms with Crippen molar-refractivity contribution in [2.75, 3.05) is 19.8 Å². The van der Waals surface area contributed by atoms with Crippen molar-refractivity contribution in [3.8, 4) is 22.8 Å². The number of hydrogen-bond donors (Lipinski definition) is 0. The molecule has 3 aromatic rings. The number of benzene rings is 1. The van der Waals surface area contributed by atoms with Gasteiger partial charge in [0.1, 0.15) is 0 Å². The molecule has 5 rings (SSSR count). The molecule has 8 nitrogen and oxygen atoms in total. The van der Waals surface area contributed by atoms with Crippen molar-refractivity contribution in [1.29, 1.82) is 0 Å². The Kier molecular flexibility index (Phi) is 4.90. The number of amides is 1. The number of rotatable bonds is 4. The lowest BCUT2D eigenvalue weighted by atomic mass is 10.0. The summed E-state index contributed by atoms with van der Waals surface area (Å²) in [5.74, 6) is 1.94. The fraction of sp³-hybridized carbons (Fsp3) is 0.409. The quantitative estimate of drug-likeness (QED) is 0.655. The van der Waals surface area contributed by atoms with Gasteiger partial charge in [-0.3, -0.25) is 9.48 Å². The number of carbonyl (C=O) groups excluding carboxylic acids is 1. The second kappa shape index (κ2) is 7.85. The highest BCUT2D eigenvalue weighted by molar-refractivity contribution is 5.93. The molecule has 2 aliphatic rings. The zero-order valence-electron chi connectivity index (χ0n) is 16.9. The summed E-state index contributed by atoms with van der Waals surface area (Å²) in [5, 5.41) is 8.28. The van der Waals surface area contributed by atoms with Crippen LogP contribution in [0, 0.1) is 0 Å². The van der Waals surface area contributed by atoms with E-state index in [0.717, 1.165) is 48.4 Å². The van der Waals surface area contributed by atoms with Gasteiger partial charge in [0.15, 0.2) is 23.0 Å². The Hall–Kier alpha value is -3.29. The van der Waals surface area contributed by atoms with E-state index in [1.165, 1.54) is 0 Å². The number of aryl methyl sites for hydroxylation is 1. The summed E-state index contributed by atoms with van der Waals surface area (Å²) in [6.45, 7) is 4.77. The number of ether oxygens (including phenoxy) is 2. The van der Waals surface area contributed by atoms with E-state index in [0.29, 0.717) is 31.2 Å². The third-order valence-corrected chi connectivity index (χ3v) is 5.64. The van der Waals surface area contributed by atoms with Crippen molar-refractivity contribution in [1.82, 2.24) is 19.8 Å². The molecular formula is C22H24N4O4. The summed E-state index contributed by atoms with van der Waals surface area (Å²) in [4.78, 5) is 15.1. The van der Waals surface area contributed by atoms with Gasteiger partial charge in [-0.1, -0.05) is 11.2 Å². The number of fused-ring (bicyclic) bond motifs is 1. The van der Waals surface area contributed by atoms with Crippen molar-refractivity contribution in [3.63, 3.8) is 0 Å². The molecule has 1 aromatic carbocycles. The van der Waals surface area contributed by atoms with E-state index in [-0.39, 0.29) is 11.9 Å². The van der Waals surface area contributed by atoms with E-state index in [1.54, 1.807) is 16.9 Å². The molecule has 0 radical (unpaired) electrons. The molecule has 0 aliphatic carbocycles. The number of carbonyl (C=O) groups is 1. The maximum absolute atomic E-state index is 13.2. The lowest BCUT2D eigenvalue weighted by molar-refractivity contribution is 0.0725. The molecule has 2 aliphatic heterocycles. The van der Waals surface area contributed by atoms with Crippen LogP contribution < -0.4 is 9.47 Å². The number of hydrogen-bond acceptors (Lipinski definition) is 6. The smallest absolute Gasteiger partial charge is 0.276 e. The van der Waals surface area contributed by atoms with E-state index >= 15 is 0 Å². The number of likely N-dealkylation sites (tertiary alicyclic amines) is 1. The average Bonchev–Trinajstić information content (AvgIpc) is 3.50. The predicted molar refractivity (Wildman–Crippen MR) is 108 cm³/mol. The number of aromatic nitrogens is 3. The monoisotopic (exact) mass is 408 g/mol. The fourth-order valence-corrected chi connectivity index (χ4v) is 4.07. The Labute approximate surface area is 174 Å². The first-order chi connectivity index (χ1) is 14.7. The van der Waals surface area contributed by atoms with Gasteiger partial charge >= 0.3 is 0 Å². The maximum Gasteiger partial charge on any atom is 0.276 e. The summed E-state index contributed by atoms with van der Waals surface area (Å²) in [7, 11) is 0. The lowest BCUT2D eigenvalue weighted by Gasteiger charge is -2.24. The van der Waals surface area contributed by atoms with Crippen LogP contribution in [0.3, 0.4) is 0 Å². The first-order valence-electron chi connectivity index (χ1n) is 10.4. The third-order valence-electron chi connectivity index (χ3n) is 5.64. The first kappa shape index (κ1) is 18.7. The molecule has 1 atom stereocenters.